The molecule has 8 aromatic carbocycles. The fourth-order valence-corrected chi connectivity index (χ4v) is 9.15. The van der Waals surface area contributed by atoms with Crippen molar-refractivity contribution in [2.75, 3.05) is 0 Å². The van der Waals surface area contributed by atoms with Gasteiger partial charge in [-0.25, -0.2) is 15.0 Å². The van der Waals surface area contributed by atoms with E-state index in [1.165, 1.54) is 31.3 Å². The van der Waals surface area contributed by atoms with Crippen molar-refractivity contribution in [2.24, 2.45) is 0 Å². The van der Waals surface area contributed by atoms with Gasteiger partial charge in [-0.3, -0.25) is 0 Å². The Labute approximate surface area is 327 Å². The van der Waals surface area contributed by atoms with Gasteiger partial charge in [0.1, 0.15) is 11.2 Å². The molecule has 0 aliphatic rings. The molecule has 0 amide bonds. The molecule has 3 aromatic heterocycles. The summed E-state index contributed by atoms with van der Waals surface area (Å²) in [6, 6.07) is 65.6. The molecule has 5 heteroatoms. The second-order valence-corrected chi connectivity index (χ2v) is 15.0. The number of thiophene rings is 1. The maximum atomic E-state index is 6.66. The summed E-state index contributed by atoms with van der Waals surface area (Å²) < 4.78 is 9.14. The van der Waals surface area contributed by atoms with Crippen molar-refractivity contribution in [3.8, 4) is 67.5 Å². The van der Waals surface area contributed by atoms with E-state index in [1.807, 2.05) is 59.9 Å². The molecule has 56 heavy (non-hydrogen) atoms. The van der Waals surface area contributed by atoms with Crippen LogP contribution in [0.25, 0.3) is 110 Å². The van der Waals surface area contributed by atoms with Gasteiger partial charge in [0.05, 0.1) is 0 Å². The van der Waals surface area contributed by atoms with E-state index in [9.17, 15) is 0 Å². The molecule has 262 valence electrons. The summed E-state index contributed by atoms with van der Waals surface area (Å²) in [4.78, 5) is 15.6. The Hall–Kier alpha value is -7.21. The Kier molecular flexibility index (Phi) is 7.64. The van der Waals surface area contributed by atoms with Gasteiger partial charge in [0.15, 0.2) is 17.5 Å². The molecule has 0 bridgehead atoms. The van der Waals surface area contributed by atoms with Crippen molar-refractivity contribution in [3.05, 3.63) is 188 Å². The first-order chi connectivity index (χ1) is 27.7. The number of para-hydroxylation sites is 1. The van der Waals surface area contributed by atoms with Crippen LogP contribution in [0.4, 0.5) is 0 Å². The van der Waals surface area contributed by atoms with Gasteiger partial charge in [0, 0.05) is 47.6 Å². The molecular weight excluding hydrogens is 703 g/mol. The van der Waals surface area contributed by atoms with Gasteiger partial charge in [-0.1, -0.05) is 164 Å². The highest BCUT2D eigenvalue weighted by atomic mass is 32.1. The van der Waals surface area contributed by atoms with E-state index in [4.69, 9.17) is 19.4 Å². The predicted octanol–water partition coefficient (Wildman–Crippen LogP) is 14.1. The molecule has 0 unspecified atom stereocenters. The van der Waals surface area contributed by atoms with Gasteiger partial charge in [0.2, 0.25) is 0 Å². The summed E-state index contributed by atoms with van der Waals surface area (Å²) in [6.07, 6.45) is 0. The zero-order valence-corrected chi connectivity index (χ0v) is 30.9. The van der Waals surface area contributed by atoms with E-state index in [2.05, 4.69) is 140 Å². The molecule has 0 fully saturated rings. The third kappa shape index (κ3) is 5.48. The van der Waals surface area contributed by atoms with E-state index >= 15 is 0 Å². The lowest BCUT2D eigenvalue weighted by Crippen LogP contribution is -2.00. The van der Waals surface area contributed by atoms with E-state index in [1.54, 1.807) is 0 Å². The third-order valence-electron chi connectivity index (χ3n) is 10.6. The molecule has 0 atom stereocenters. The lowest BCUT2D eigenvalue weighted by atomic mass is 9.93. The Balaban J connectivity index is 1.17. The summed E-state index contributed by atoms with van der Waals surface area (Å²) in [6.45, 7) is 0. The Bertz CT molecular complexity index is 3230. The standard InChI is InChI=1S/C51H31N3OS/c1-4-14-32(15-5-1)33-24-26-36(27-25-33)50-52-49(35-18-8-3-9-19-35)53-51(54-50)42-30-37(31-44-46(42)40-20-10-12-22-43(40)55-44)39-29-28-38(34-16-6-2-7-17-34)47-41-21-11-13-23-45(41)56-48(39)47/h1-31H. The molecule has 0 aliphatic heterocycles. The number of hydrogen-bond donors (Lipinski definition) is 0. The number of fused-ring (bicyclic) bond motifs is 6. The number of nitrogens with zero attached hydrogens (tertiary/aromatic N) is 3. The zero-order valence-electron chi connectivity index (χ0n) is 30.1. The Morgan fingerprint density at radius 3 is 1.61 bits per heavy atom. The highest BCUT2D eigenvalue weighted by molar-refractivity contribution is 7.26. The number of aromatic nitrogens is 3. The van der Waals surface area contributed by atoms with E-state index < -0.39 is 0 Å². The molecular formula is C51H31N3OS. The molecule has 0 saturated carbocycles. The quantitative estimate of drug-likeness (QED) is 0.171. The molecule has 0 N–H and O–H groups in total. The molecule has 0 radical (unpaired) electrons. The number of rotatable bonds is 6. The zero-order chi connectivity index (χ0) is 37.0. The lowest BCUT2D eigenvalue weighted by molar-refractivity contribution is 0.669. The fourth-order valence-electron chi connectivity index (χ4n) is 7.88. The smallest absolute Gasteiger partial charge is 0.164 e. The van der Waals surface area contributed by atoms with Gasteiger partial charge in [-0.2, -0.15) is 0 Å². The Morgan fingerprint density at radius 2 is 0.875 bits per heavy atom. The maximum Gasteiger partial charge on any atom is 0.164 e. The molecule has 3 heterocycles. The average molecular weight is 734 g/mol. The summed E-state index contributed by atoms with van der Waals surface area (Å²) in [5.41, 5.74) is 11.2. The van der Waals surface area contributed by atoms with Crippen LogP contribution in [0.2, 0.25) is 0 Å². The monoisotopic (exact) mass is 733 g/mol. The molecule has 0 aliphatic carbocycles. The van der Waals surface area contributed by atoms with Crippen molar-refractivity contribution in [2.45, 2.75) is 0 Å². The van der Waals surface area contributed by atoms with Crippen LogP contribution >= 0.6 is 11.3 Å². The molecule has 11 aromatic rings. The predicted molar refractivity (Wildman–Crippen MR) is 233 cm³/mol. The van der Waals surface area contributed by atoms with Crippen LogP contribution in [0.15, 0.2) is 192 Å². The van der Waals surface area contributed by atoms with Crippen molar-refractivity contribution in [1.82, 2.24) is 15.0 Å². The molecule has 0 spiro atoms. The minimum atomic E-state index is 0.591. The van der Waals surface area contributed by atoms with Gasteiger partial charge in [-0.15, -0.1) is 11.3 Å². The Morgan fingerprint density at radius 1 is 0.339 bits per heavy atom. The summed E-state index contributed by atoms with van der Waals surface area (Å²) >= 11 is 1.83. The first kappa shape index (κ1) is 32.2. The molecule has 0 saturated heterocycles. The van der Waals surface area contributed by atoms with Gasteiger partial charge in [0.25, 0.3) is 0 Å². The van der Waals surface area contributed by atoms with Crippen LogP contribution in [0.1, 0.15) is 0 Å². The lowest BCUT2D eigenvalue weighted by Gasteiger charge is -2.13. The van der Waals surface area contributed by atoms with E-state index in [0.29, 0.717) is 17.5 Å². The minimum absolute atomic E-state index is 0.591. The number of benzene rings is 8. The van der Waals surface area contributed by atoms with Crippen LogP contribution < -0.4 is 0 Å². The van der Waals surface area contributed by atoms with Crippen LogP contribution in [-0.4, -0.2) is 15.0 Å². The van der Waals surface area contributed by atoms with Crippen LogP contribution in [0, 0.1) is 0 Å². The van der Waals surface area contributed by atoms with Crippen molar-refractivity contribution < 1.29 is 4.42 Å². The van der Waals surface area contributed by atoms with Gasteiger partial charge < -0.3 is 4.42 Å². The van der Waals surface area contributed by atoms with Crippen LogP contribution in [0.5, 0.6) is 0 Å². The molecule has 11 rings (SSSR count). The van der Waals surface area contributed by atoms with Crippen molar-refractivity contribution in [3.63, 3.8) is 0 Å². The highest BCUT2D eigenvalue weighted by Gasteiger charge is 2.22. The van der Waals surface area contributed by atoms with Gasteiger partial charge in [-0.05, 0) is 57.6 Å². The number of furan rings is 1. The molecule has 4 nitrogen and oxygen atoms in total. The second-order valence-electron chi connectivity index (χ2n) is 13.9. The summed E-state index contributed by atoms with van der Waals surface area (Å²) in [7, 11) is 0. The van der Waals surface area contributed by atoms with Crippen LogP contribution in [0.3, 0.4) is 0 Å². The highest BCUT2D eigenvalue weighted by Crippen LogP contribution is 2.47. The average Bonchev–Trinajstić information content (AvgIpc) is 3.86. The van der Waals surface area contributed by atoms with E-state index in [-0.39, 0.29) is 0 Å². The third-order valence-corrected chi connectivity index (χ3v) is 11.8. The summed E-state index contributed by atoms with van der Waals surface area (Å²) in [5, 5.41) is 4.51. The SMILES string of the molecule is c1ccc(-c2ccc(-c3nc(-c4ccccc4)nc(-c4cc(-c5ccc(-c6ccccc6)c6c5sc5ccccc56)cc5oc6ccccc6c45)n3)cc2)cc1. The minimum Gasteiger partial charge on any atom is -0.456 e. The second kappa shape index (κ2) is 13.3. The van der Waals surface area contributed by atoms with Crippen molar-refractivity contribution >= 4 is 53.4 Å². The first-order valence-corrected chi connectivity index (χ1v) is 19.5. The fraction of sp³-hybridized carbons (Fsp3) is 0. The first-order valence-electron chi connectivity index (χ1n) is 18.7. The van der Waals surface area contributed by atoms with E-state index in [0.717, 1.165) is 60.9 Å². The van der Waals surface area contributed by atoms with Gasteiger partial charge >= 0.3 is 0 Å². The van der Waals surface area contributed by atoms with Crippen LogP contribution in [-0.2, 0) is 0 Å². The van der Waals surface area contributed by atoms with Crippen molar-refractivity contribution in [1.29, 1.82) is 0 Å². The largest absolute Gasteiger partial charge is 0.456 e. The summed E-state index contributed by atoms with van der Waals surface area (Å²) in [5.74, 6) is 1.81. The topological polar surface area (TPSA) is 51.8 Å². The normalized spacial score (nSPS) is 11.6. The maximum absolute atomic E-state index is 6.66. The number of hydrogen-bond acceptors (Lipinski definition) is 5.